The van der Waals surface area contributed by atoms with E-state index in [1.807, 2.05) is 37.3 Å². The summed E-state index contributed by atoms with van der Waals surface area (Å²) in [6, 6.07) is 12.8. The summed E-state index contributed by atoms with van der Waals surface area (Å²) in [7, 11) is 1.62. The molecule has 0 bridgehead atoms. The number of carbonyl (C=O) groups excluding carboxylic acids is 1. The van der Waals surface area contributed by atoms with Gasteiger partial charge < -0.3 is 10.1 Å². The SMILES string of the molecule is COc1ccc(C=CC(=O)Nc2ccc(Cl)cc2C)cc1. The lowest BCUT2D eigenvalue weighted by Gasteiger charge is -2.06. The van der Waals surface area contributed by atoms with Gasteiger partial charge in [0.2, 0.25) is 5.91 Å². The number of anilines is 1. The van der Waals surface area contributed by atoms with Gasteiger partial charge in [0.25, 0.3) is 0 Å². The van der Waals surface area contributed by atoms with Crippen LogP contribution in [-0.4, -0.2) is 13.0 Å². The number of hydrogen-bond acceptors (Lipinski definition) is 2. The second-order valence-corrected chi connectivity index (χ2v) is 4.99. The molecule has 3 nitrogen and oxygen atoms in total. The molecule has 0 unspecified atom stereocenters. The zero-order chi connectivity index (χ0) is 15.2. The maximum absolute atomic E-state index is 11.9. The van der Waals surface area contributed by atoms with Crippen LogP contribution < -0.4 is 10.1 Å². The highest BCUT2D eigenvalue weighted by molar-refractivity contribution is 6.30. The highest BCUT2D eigenvalue weighted by Crippen LogP contribution is 2.19. The molecule has 0 aliphatic heterocycles. The molecule has 1 N–H and O–H groups in total. The number of nitrogens with one attached hydrogen (secondary N) is 1. The van der Waals surface area contributed by atoms with E-state index >= 15 is 0 Å². The van der Waals surface area contributed by atoms with E-state index in [1.165, 1.54) is 6.08 Å². The molecule has 0 saturated carbocycles. The summed E-state index contributed by atoms with van der Waals surface area (Å²) in [5.41, 5.74) is 2.61. The number of carbonyl (C=O) groups is 1. The van der Waals surface area contributed by atoms with E-state index in [4.69, 9.17) is 16.3 Å². The van der Waals surface area contributed by atoms with E-state index in [0.29, 0.717) is 5.02 Å². The summed E-state index contributed by atoms with van der Waals surface area (Å²) in [6.45, 7) is 1.90. The summed E-state index contributed by atoms with van der Waals surface area (Å²) >= 11 is 5.88. The minimum atomic E-state index is -0.184. The Kier molecular flexibility index (Phi) is 5.01. The first-order chi connectivity index (χ1) is 10.1. The molecule has 0 saturated heterocycles. The van der Waals surface area contributed by atoms with Crippen LogP contribution in [0, 0.1) is 6.92 Å². The lowest BCUT2D eigenvalue weighted by molar-refractivity contribution is -0.111. The first-order valence-electron chi connectivity index (χ1n) is 6.48. The van der Waals surface area contributed by atoms with E-state index < -0.39 is 0 Å². The van der Waals surface area contributed by atoms with Gasteiger partial charge in [0.05, 0.1) is 7.11 Å². The van der Waals surface area contributed by atoms with Crippen molar-refractivity contribution in [3.63, 3.8) is 0 Å². The summed E-state index contributed by atoms with van der Waals surface area (Å²) in [5, 5.41) is 3.47. The van der Waals surface area contributed by atoms with Gasteiger partial charge >= 0.3 is 0 Å². The van der Waals surface area contributed by atoms with Crippen LogP contribution in [0.1, 0.15) is 11.1 Å². The van der Waals surface area contributed by atoms with Gasteiger partial charge in [-0.1, -0.05) is 23.7 Å². The molecule has 2 aromatic carbocycles. The number of amides is 1. The van der Waals surface area contributed by atoms with Gasteiger partial charge in [0.1, 0.15) is 5.75 Å². The van der Waals surface area contributed by atoms with Crippen LogP contribution in [-0.2, 0) is 4.79 Å². The molecule has 2 aromatic rings. The maximum atomic E-state index is 11.9. The molecule has 0 spiro atoms. The van der Waals surface area contributed by atoms with Gasteiger partial charge in [-0.05, 0) is 54.5 Å². The summed E-state index contributed by atoms with van der Waals surface area (Å²) in [4.78, 5) is 11.9. The van der Waals surface area contributed by atoms with Crippen LogP contribution in [0.25, 0.3) is 6.08 Å². The Balaban J connectivity index is 2.01. The quantitative estimate of drug-likeness (QED) is 0.855. The lowest BCUT2D eigenvalue weighted by atomic mass is 10.2. The van der Waals surface area contributed by atoms with Crippen LogP contribution in [0.15, 0.2) is 48.5 Å². The van der Waals surface area contributed by atoms with E-state index in [-0.39, 0.29) is 5.91 Å². The van der Waals surface area contributed by atoms with E-state index in [1.54, 1.807) is 25.3 Å². The first kappa shape index (κ1) is 15.1. The molecule has 0 aromatic heterocycles. The Bertz CT molecular complexity index is 663. The fourth-order valence-electron chi connectivity index (χ4n) is 1.83. The van der Waals surface area contributed by atoms with Crippen LogP contribution >= 0.6 is 11.6 Å². The Hall–Kier alpha value is -2.26. The fraction of sp³-hybridized carbons (Fsp3) is 0.118. The van der Waals surface area contributed by atoms with Crippen LogP contribution in [0.5, 0.6) is 5.75 Å². The number of benzene rings is 2. The van der Waals surface area contributed by atoms with Gasteiger partial charge in [-0.25, -0.2) is 0 Å². The second kappa shape index (κ2) is 6.95. The smallest absolute Gasteiger partial charge is 0.248 e. The summed E-state index contributed by atoms with van der Waals surface area (Å²) in [5.74, 6) is 0.602. The molecule has 0 aliphatic rings. The average Bonchev–Trinajstić information content (AvgIpc) is 2.48. The standard InChI is InChI=1S/C17H16ClNO2/c1-12-11-14(18)6-9-16(12)19-17(20)10-5-13-3-7-15(21-2)8-4-13/h3-11H,1-2H3,(H,19,20). The predicted molar refractivity (Wildman–Crippen MR) is 86.8 cm³/mol. The predicted octanol–water partition coefficient (Wildman–Crippen LogP) is 4.31. The topological polar surface area (TPSA) is 38.3 Å². The van der Waals surface area contributed by atoms with Crippen molar-refractivity contribution in [2.45, 2.75) is 6.92 Å². The van der Waals surface area contributed by atoms with Gasteiger partial charge in [0.15, 0.2) is 0 Å². The zero-order valence-electron chi connectivity index (χ0n) is 11.9. The van der Waals surface area contributed by atoms with Crippen molar-refractivity contribution in [1.82, 2.24) is 0 Å². The van der Waals surface area contributed by atoms with E-state index in [2.05, 4.69) is 5.32 Å². The Morgan fingerprint density at radius 1 is 1.19 bits per heavy atom. The van der Waals surface area contributed by atoms with Crippen molar-refractivity contribution in [2.75, 3.05) is 12.4 Å². The van der Waals surface area contributed by atoms with Crippen molar-refractivity contribution in [3.05, 3.63) is 64.7 Å². The number of aryl methyl sites for hydroxylation is 1. The molecule has 0 aliphatic carbocycles. The minimum Gasteiger partial charge on any atom is -0.497 e. The summed E-state index contributed by atoms with van der Waals surface area (Å²) in [6.07, 6.45) is 3.25. The molecule has 0 fully saturated rings. The normalized spacial score (nSPS) is 10.6. The third-order valence-electron chi connectivity index (χ3n) is 2.99. The molecule has 4 heteroatoms. The average molecular weight is 302 g/mol. The first-order valence-corrected chi connectivity index (χ1v) is 6.85. The molecular formula is C17H16ClNO2. The lowest BCUT2D eigenvalue weighted by Crippen LogP contribution is -2.08. The van der Waals surface area contributed by atoms with Crippen LogP contribution in [0.3, 0.4) is 0 Å². The molecule has 1 amide bonds. The van der Waals surface area contributed by atoms with Crippen molar-refractivity contribution >= 4 is 29.3 Å². The van der Waals surface area contributed by atoms with Gasteiger partial charge in [-0.3, -0.25) is 4.79 Å². The molecule has 0 atom stereocenters. The number of rotatable bonds is 4. The van der Waals surface area contributed by atoms with Crippen molar-refractivity contribution < 1.29 is 9.53 Å². The molecule has 0 radical (unpaired) electrons. The van der Waals surface area contributed by atoms with Gasteiger partial charge in [0, 0.05) is 16.8 Å². The number of ether oxygens (including phenoxy) is 1. The van der Waals surface area contributed by atoms with Crippen LogP contribution in [0.4, 0.5) is 5.69 Å². The highest BCUT2D eigenvalue weighted by atomic mass is 35.5. The summed E-state index contributed by atoms with van der Waals surface area (Å²) < 4.78 is 5.08. The third-order valence-corrected chi connectivity index (χ3v) is 3.22. The number of hydrogen-bond donors (Lipinski definition) is 1. The zero-order valence-corrected chi connectivity index (χ0v) is 12.6. The van der Waals surface area contributed by atoms with Crippen LogP contribution in [0.2, 0.25) is 5.02 Å². The van der Waals surface area contributed by atoms with E-state index in [0.717, 1.165) is 22.6 Å². The largest absolute Gasteiger partial charge is 0.497 e. The third kappa shape index (κ3) is 4.36. The Labute approximate surface area is 129 Å². The van der Waals surface area contributed by atoms with Gasteiger partial charge in [-0.15, -0.1) is 0 Å². The molecule has 21 heavy (non-hydrogen) atoms. The monoisotopic (exact) mass is 301 g/mol. The Morgan fingerprint density at radius 3 is 2.52 bits per heavy atom. The second-order valence-electron chi connectivity index (χ2n) is 4.55. The molecule has 108 valence electrons. The Morgan fingerprint density at radius 2 is 1.90 bits per heavy atom. The highest BCUT2D eigenvalue weighted by Gasteiger charge is 2.02. The van der Waals surface area contributed by atoms with Crippen molar-refractivity contribution in [1.29, 1.82) is 0 Å². The van der Waals surface area contributed by atoms with Crippen molar-refractivity contribution in [2.24, 2.45) is 0 Å². The number of methoxy groups -OCH3 is 1. The molecular weight excluding hydrogens is 286 g/mol. The minimum absolute atomic E-state index is 0.184. The van der Waals surface area contributed by atoms with Crippen molar-refractivity contribution in [3.8, 4) is 5.75 Å². The number of halogens is 1. The van der Waals surface area contributed by atoms with Gasteiger partial charge in [-0.2, -0.15) is 0 Å². The van der Waals surface area contributed by atoms with E-state index in [9.17, 15) is 4.79 Å². The molecule has 2 rings (SSSR count). The molecule has 0 heterocycles. The maximum Gasteiger partial charge on any atom is 0.248 e. The fourth-order valence-corrected chi connectivity index (χ4v) is 2.06.